The quantitative estimate of drug-likeness (QED) is 0.810. The Hall–Kier alpha value is -1.10. The molecule has 2 aliphatic carbocycles. The topological polar surface area (TPSA) is 58.6 Å². The van der Waals surface area contributed by atoms with Crippen LogP contribution < -0.4 is 5.32 Å². The van der Waals surface area contributed by atoms with Crippen LogP contribution in [0.4, 0.5) is 0 Å². The maximum absolute atomic E-state index is 12.7. The monoisotopic (exact) mass is 278 g/mol. The van der Waals surface area contributed by atoms with Gasteiger partial charge in [0.15, 0.2) is 0 Å². The number of hydrogen-bond donors (Lipinski definition) is 1. The predicted molar refractivity (Wildman–Crippen MR) is 71.9 cm³/mol. The summed E-state index contributed by atoms with van der Waals surface area (Å²) in [5.41, 5.74) is 0. The zero-order chi connectivity index (χ0) is 13.7. The Kier molecular flexibility index (Phi) is 2.98. The van der Waals surface area contributed by atoms with Gasteiger partial charge in [0.2, 0.25) is 11.8 Å². The summed E-state index contributed by atoms with van der Waals surface area (Å²) in [5.74, 6) is 0.172. The molecule has 5 heteroatoms. The number of rotatable bonds is 5. The molecule has 20 heavy (non-hydrogen) atoms. The summed E-state index contributed by atoms with van der Waals surface area (Å²) < 4.78 is 5.79. The molecule has 0 aromatic rings. The van der Waals surface area contributed by atoms with E-state index in [0.717, 1.165) is 44.9 Å². The van der Waals surface area contributed by atoms with E-state index in [9.17, 15) is 9.59 Å². The number of fused-ring (bicyclic) bond motifs is 2. The van der Waals surface area contributed by atoms with Crippen molar-refractivity contribution in [1.82, 2.24) is 10.2 Å². The largest absolute Gasteiger partial charge is 0.374 e. The molecule has 4 rings (SSSR count). The predicted octanol–water partition coefficient (Wildman–Crippen LogP) is 0.823. The molecule has 4 fully saturated rings. The lowest BCUT2D eigenvalue weighted by atomic mass is 9.88. The highest BCUT2D eigenvalue weighted by atomic mass is 16.5. The minimum Gasteiger partial charge on any atom is -0.374 e. The van der Waals surface area contributed by atoms with E-state index in [4.69, 9.17) is 4.74 Å². The third-order valence-corrected chi connectivity index (χ3v) is 4.95. The zero-order valence-electron chi connectivity index (χ0n) is 11.7. The van der Waals surface area contributed by atoms with Crippen molar-refractivity contribution < 1.29 is 14.3 Å². The molecular weight excluding hydrogens is 256 g/mol. The summed E-state index contributed by atoms with van der Waals surface area (Å²) in [4.78, 5) is 26.5. The number of amides is 2. The van der Waals surface area contributed by atoms with Gasteiger partial charge in [-0.05, 0) is 44.9 Å². The Morgan fingerprint density at radius 1 is 1.10 bits per heavy atom. The first-order valence-corrected chi connectivity index (χ1v) is 7.96. The first-order valence-electron chi connectivity index (χ1n) is 7.96. The van der Waals surface area contributed by atoms with Crippen LogP contribution in [0.1, 0.15) is 44.9 Å². The van der Waals surface area contributed by atoms with Crippen LogP contribution in [-0.2, 0) is 14.3 Å². The molecule has 1 N–H and O–H groups in total. The van der Waals surface area contributed by atoms with Crippen LogP contribution in [0, 0.1) is 5.92 Å². The smallest absolute Gasteiger partial charge is 0.239 e. The molecule has 2 saturated carbocycles. The Morgan fingerprint density at radius 2 is 1.90 bits per heavy atom. The van der Waals surface area contributed by atoms with Gasteiger partial charge in [0.05, 0.1) is 24.7 Å². The summed E-state index contributed by atoms with van der Waals surface area (Å²) in [6.07, 6.45) is 7.63. The van der Waals surface area contributed by atoms with Crippen molar-refractivity contribution >= 4 is 11.8 Å². The molecule has 0 aromatic heterocycles. The fourth-order valence-corrected chi connectivity index (χ4v) is 3.54. The summed E-state index contributed by atoms with van der Waals surface area (Å²) >= 11 is 0. The van der Waals surface area contributed by atoms with E-state index >= 15 is 0 Å². The lowest BCUT2D eigenvalue weighted by Gasteiger charge is -2.27. The lowest BCUT2D eigenvalue weighted by Crippen LogP contribution is -2.46. The van der Waals surface area contributed by atoms with Gasteiger partial charge >= 0.3 is 0 Å². The third-order valence-electron chi connectivity index (χ3n) is 4.95. The number of ether oxygens (including phenoxy) is 1. The molecule has 2 amide bonds. The van der Waals surface area contributed by atoms with Gasteiger partial charge in [0, 0.05) is 12.1 Å². The van der Waals surface area contributed by atoms with Gasteiger partial charge in [-0.2, -0.15) is 0 Å². The zero-order valence-corrected chi connectivity index (χ0v) is 11.7. The van der Waals surface area contributed by atoms with Crippen molar-refractivity contribution in [1.29, 1.82) is 0 Å². The van der Waals surface area contributed by atoms with Gasteiger partial charge in [-0.15, -0.1) is 0 Å². The molecule has 0 spiro atoms. The summed E-state index contributed by atoms with van der Waals surface area (Å²) in [6.45, 7) is 0.244. The Morgan fingerprint density at radius 3 is 2.45 bits per heavy atom. The highest BCUT2D eigenvalue weighted by Crippen LogP contribution is 2.41. The number of carbonyl (C=O) groups excluding carboxylic acids is 2. The summed E-state index contributed by atoms with van der Waals surface area (Å²) in [7, 11) is 0. The molecule has 3 atom stereocenters. The molecule has 2 saturated heterocycles. The van der Waals surface area contributed by atoms with Crippen molar-refractivity contribution in [3.63, 3.8) is 0 Å². The van der Waals surface area contributed by atoms with Crippen LogP contribution >= 0.6 is 0 Å². The molecule has 5 nitrogen and oxygen atoms in total. The standard InChI is InChI=1S/C15H22N2O3/c18-14(16-9-1-2-9)8-17(10-3-4-10)15(19)12-7-11-5-6-13(12)20-11/h9-13H,1-8H2,(H,16,18)/t11-,12-,13-/m1/s1. The van der Waals surface area contributed by atoms with E-state index in [0.29, 0.717) is 12.1 Å². The van der Waals surface area contributed by atoms with Gasteiger partial charge in [0.1, 0.15) is 0 Å². The van der Waals surface area contributed by atoms with E-state index < -0.39 is 0 Å². The molecule has 0 unspecified atom stereocenters. The minimum absolute atomic E-state index is 0.00285. The highest BCUT2D eigenvalue weighted by Gasteiger charge is 2.48. The number of carbonyl (C=O) groups is 2. The maximum atomic E-state index is 12.7. The van der Waals surface area contributed by atoms with Crippen LogP contribution in [0.5, 0.6) is 0 Å². The fraction of sp³-hybridized carbons (Fsp3) is 0.867. The first-order chi connectivity index (χ1) is 9.70. The molecule has 0 aromatic carbocycles. The Bertz CT molecular complexity index is 431. The minimum atomic E-state index is 0.00285. The number of nitrogens with one attached hydrogen (secondary N) is 1. The van der Waals surface area contributed by atoms with Crippen molar-refractivity contribution in [2.45, 2.75) is 69.2 Å². The summed E-state index contributed by atoms with van der Waals surface area (Å²) in [6, 6.07) is 0.663. The van der Waals surface area contributed by atoms with E-state index in [1.165, 1.54) is 0 Å². The Balaban J connectivity index is 1.39. The normalized spacial score (nSPS) is 35.1. The molecule has 110 valence electrons. The van der Waals surface area contributed by atoms with Gasteiger partial charge in [-0.25, -0.2) is 0 Å². The average Bonchev–Trinajstić information content (AvgIpc) is 3.36. The first kappa shape index (κ1) is 12.6. The molecule has 2 aliphatic heterocycles. The second kappa shape index (κ2) is 4.72. The van der Waals surface area contributed by atoms with E-state index in [1.807, 2.05) is 4.90 Å². The second-order valence-electron chi connectivity index (χ2n) is 6.76. The number of nitrogens with zero attached hydrogens (tertiary/aromatic N) is 1. The van der Waals surface area contributed by atoms with E-state index in [-0.39, 0.29) is 36.5 Å². The van der Waals surface area contributed by atoms with Crippen LogP contribution in [0.3, 0.4) is 0 Å². The fourth-order valence-electron chi connectivity index (χ4n) is 3.54. The van der Waals surface area contributed by atoms with Crippen molar-refractivity contribution in [2.24, 2.45) is 5.92 Å². The molecule has 0 radical (unpaired) electrons. The van der Waals surface area contributed by atoms with Crippen molar-refractivity contribution in [3.8, 4) is 0 Å². The third kappa shape index (κ3) is 2.43. The molecule has 2 bridgehead atoms. The Labute approximate surface area is 119 Å². The average molecular weight is 278 g/mol. The van der Waals surface area contributed by atoms with Crippen LogP contribution in [0.25, 0.3) is 0 Å². The highest BCUT2D eigenvalue weighted by molar-refractivity contribution is 5.87. The van der Waals surface area contributed by atoms with Crippen LogP contribution in [-0.4, -0.2) is 47.6 Å². The van der Waals surface area contributed by atoms with Gasteiger partial charge in [-0.3, -0.25) is 9.59 Å². The van der Waals surface area contributed by atoms with Crippen LogP contribution in [0.15, 0.2) is 0 Å². The lowest BCUT2D eigenvalue weighted by molar-refractivity contribution is -0.141. The van der Waals surface area contributed by atoms with Crippen molar-refractivity contribution in [3.05, 3.63) is 0 Å². The number of hydrogen-bond acceptors (Lipinski definition) is 3. The van der Waals surface area contributed by atoms with E-state index in [1.54, 1.807) is 0 Å². The molecular formula is C15H22N2O3. The summed E-state index contributed by atoms with van der Waals surface area (Å²) in [5, 5.41) is 2.98. The van der Waals surface area contributed by atoms with Crippen molar-refractivity contribution in [2.75, 3.05) is 6.54 Å². The van der Waals surface area contributed by atoms with E-state index in [2.05, 4.69) is 5.32 Å². The molecule has 2 heterocycles. The van der Waals surface area contributed by atoms with Gasteiger partial charge in [-0.1, -0.05) is 0 Å². The van der Waals surface area contributed by atoms with Gasteiger partial charge in [0.25, 0.3) is 0 Å². The second-order valence-corrected chi connectivity index (χ2v) is 6.76. The van der Waals surface area contributed by atoms with Crippen LogP contribution in [0.2, 0.25) is 0 Å². The maximum Gasteiger partial charge on any atom is 0.239 e. The SMILES string of the molecule is O=C(CN(C(=O)[C@@H]1C[C@H]2CC[C@H]1O2)C1CC1)NC1CC1. The molecule has 4 aliphatic rings. The van der Waals surface area contributed by atoms with Gasteiger partial charge < -0.3 is 15.0 Å².